The quantitative estimate of drug-likeness (QED) is 0.265. The zero-order valence-electron chi connectivity index (χ0n) is 24.4. The van der Waals surface area contributed by atoms with Gasteiger partial charge in [0.25, 0.3) is 10.0 Å². The third-order valence-corrected chi connectivity index (χ3v) is 9.37. The molecule has 9 heteroatoms. The number of aryl methyl sites for hydroxylation is 2. The Bertz CT molecular complexity index is 1430. The highest BCUT2D eigenvalue weighted by Crippen LogP contribution is 2.27. The highest BCUT2D eigenvalue weighted by Gasteiger charge is 2.33. The second-order valence-electron chi connectivity index (χ2n) is 10.3. The van der Waals surface area contributed by atoms with Crippen LogP contribution in [0.2, 0.25) is 5.02 Å². The van der Waals surface area contributed by atoms with Gasteiger partial charge in [-0.2, -0.15) is 0 Å². The van der Waals surface area contributed by atoms with Crippen molar-refractivity contribution in [1.29, 1.82) is 0 Å². The first kappa shape index (κ1) is 32.2. The predicted molar refractivity (Wildman–Crippen MR) is 166 cm³/mol. The molecule has 0 spiro atoms. The molecule has 0 saturated carbocycles. The Balaban J connectivity index is 2.03. The Morgan fingerprint density at radius 3 is 2.15 bits per heavy atom. The van der Waals surface area contributed by atoms with Crippen LogP contribution >= 0.6 is 11.6 Å². The van der Waals surface area contributed by atoms with Crippen molar-refractivity contribution in [1.82, 2.24) is 10.2 Å². The molecule has 0 aliphatic heterocycles. The number of amides is 2. The van der Waals surface area contributed by atoms with Gasteiger partial charge in [-0.3, -0.25) is 13.9 Å². The summed E-state index contributed by atoms with van der Waals surface area (Å²) in [5.74, 6) is -0.704. The molecule has 0 aromatic heterocycles. The normalized spacial score (nSPS) is 12.8. The van der Waals surface area contributed by atoms with Gasteiger partial charge in [0, 0.05) is 17.6 Å². The first-order valence-corrected chi connectivity index (χ1v) is 15.8. The number of rotatable bonds is 13. The molecule has 0 saturated heterocycles. The van der Waals surface area contributed by atoms with Gasteiger partial charge in [-0.25, -0.2) is 8.42 Å². The van der Waals surface area contributed by atoms with E-state index in [0.717, 1.165) is 27.4 Å². The minimum atomic E-state index is -4.15. The first-order chi connectivity index (χ1) is 19.5. The van der Waals surface area contributed by atoms with Crippen molar-refractivity contribution < 1.29 is 18.0 Å². The number of nitrogens with one attached hydrogen (secondary N) is 1. The number of hydrogen-bond acceptors (Lipinski definition) is 4. The lowest BCUT2D eigenvalue weighted by molar-refractivity contribution is -0.139. The van der Waals surface area contributed by atoms with E-state index in [1.165, 1.54) is 29.2 Å². The fourth-order valence-electron chi connectivity index (χ4n) is 4.48. The lowest BCUT2D eigenvalue weighted by atomic mass is 10.1. The number of anilines is 1. The van der Waals surface area contributed by atoms with Crippen molar-refractivity contribution in [3.05, 3.63) is 94.5 Å². The molecular weight excluding hydrogens is 558 g/mol. The van der Waals surface area contributed by atoms with Gasteiger partial charge in [-0.15, -0.1) is 0 Å². The highest BCUT2D eigenvalue weighted by molar-refractivity contribution is 7.92. The number of nitrogens with zero attached hydrogens (tertiary/aromatic N) is 2. The summed E-state index contributed by atoms with van der Waals surface area (Å²) < 4.78 is 29.1. The lowest BCUT2D eigenvalue weighted by Crippen LogP contribution is -2.54. The summed E-state index contributed by atoms with van der Waals surface area (Å²) in [6.45, 7) is 9.39. The minimum absolute atomic E-state index is 0.0188. The number of carbonyl (C=O) groups excluding carboxylic acids is 2. The van der Waals surface area contributed by atoms with Gasteiger partial charge < -0.3 is 10.2 Å². The van der Waals surface area contributed by atoms with Crippen LogP contribution in [0.3, 0.4) is 0 Å². The molecule has 0 fully saturated rings. The average molecular weight is 598 g/mol. The fourth-order valence-corrected chi connectivity index (χ4v) is 6.01. The van der Waals surface area contributed by atoms with Crippen LogP contribution in [0.25, 0.3) is 0 Å². The van der Waals surface area contributed by atoms with Crippen molar-refractivity contribution in [2.75, 3.05) is 17.4 Å². The van der Waals surface area contributed by atoms with Crippen LogP contribution in [0, 0.1) is 13.8 Å². The van der Waals surface area contributed by atoms with Gasteiger partial charge in [-0.1, -0.05) is 61.8 Å². The van der Waals surface area contributed by atoms with Crippen LogP contribution < -0.4 is 9.62 Å². The molecule has 0 heterocycles. The Morgan fingerprint density at radius 1 is 0.902 bits per heavy atom. The minimum Gasteiger partial charge on any atom is -0.352 e. The summed E-state index contributed by atoms with van der Waals surface area (Å²) in [4.78, 5) is 29.0. The summed E-state index contributed by atoms with van der Waals surface area (Å²) in [5.41, 5.74) is 3.28. The van der Waals surface area contributed by atoms with E-state index in [2.05, 4.69) is 5.32 Å². The van der Waals surface area contributed by atoms with Gasteiger partial charge in [0.1, 0.15) is 12.6 Å². The number of benzene rings is 3. The van der Waals surface area contributed by atoms with Crippen LogP contribution in [0.15, 0.2) is 77.7 Å². The van der Waals surface area contributed by atoms with Crippen LogP contribution in [0.5, 0.6) is 0 Å². The largest absolute Gasteiger partial charge is 0.352 e. The number of carbonyl (C=O) groups is 2. The van der Waals surface area contributed by atoms with Gasteiger partial charge in [0.2, 0.25) is 11.8 Å². The van der Waals surface area contributed by atoms with Gasteiger partial charge in [-0.05, 0) is 93.1 Å². The zero-order valence-corrected chi connectivity index (χ0v) is 26.0. The molecule has 2 amide bonds. The van der Waals surface area contributed by atoms with E-state index in [9.17, 15) is 18.0 Å². The molecule has 2 atom stereocenters. The number of halogens is 1. The second kappa shape index (κ2) is 14.5. The van der Waals surface area contributed by atoms with Gasteiger partial charge in [0.05, 0.1) is 10.6 Å². The summed E-state index contributed by atoms with van der Waals surface area (Å²) in [5, 5.41) is 3.40. The first-order valence-electron chi connectivity index (χ1n) is 14.0. The molecule has 1 N–H and O–H groups in total. The number of sulfonamides is 1. The second-order valence-corrected chi connectivity index (χ2v) is 12.6. The smallest absolute Gasteiger partial charge is 0.264 e. The third kappa shape index (κ3) is 8.33. The van der Waals surface area contributed by atoms with E-state index >= 15 is 0 Å². The molecular formula is C32H40ClN3O4S. The molecule has 220 valence electrons. The maximum absolute atomic E-state index is 14.1. The van der Waals surface area contributed by atoms with E-state index < -0.39 is 28.5 Å². The van der Waals surface area contributed by atoms with Crippen molar-refractivity contribution in [3.8, 4) is 0 Å². The van der Waals surface area contributed by atoms with Crippen LogP contribution in [-0.2, 0) is 26.0 Å². The number of hydrogen-bond donors (Lipinski definition) is 1. The van der Waals surface area contributed by atoms with Crippen LogP contribution in [-0.4, -0.2) is 50.3 Å². The zero-order chi connectivity index (χ0) is 30.2. The predicted octanol–water partition coefficient (Wildman–Crippen LogP) is 5.92. The average Bonchev–Trinajstić information content (AvgIpc) is 2.95. The lowest BCUT2D eigenvalue weighted by Gasteiger charge is -2.34. The van der Waals surface area contributed by atoms with E-state index in [1.54, 1.807) is 12.1 Å². The summed E-state index contributed by atoms with van der Waals surface area (Å²) in [7, 11) is -4.15. The van der Waals surface area contributed by atoms with E-state index in [-0.39, 0.29) is 23.4 Å². The standard InChI is InChI=1S/C32H40ClN3O4S/c1-6-25(5)34-32(38)30(7-2)35(20-19-26-11-9-8-10-12-26)31(37)22-36(28-16-13-23(3)24(4)21-28)41(39,40)29-17-14-27(33)15-18-29/h8-18,21,25,30H,6-7,19-20,22H2,1-5H3,(H,34,38)/t25-,30-/m1/s1. The Kier molecular flexibility index (Phi) is 11.4. The van der Waals surface area contributed by atoms with Gasteiger partial charge >= 0.3 is 0 Å². The Labute approximate surface area is 249 Å². The molecule has 7 nitrogen and oxygen atoms in total. The fraction of sp³-hybridized carbons (Fsp3) is 0.375. The molecule has 3 rings (SSSR count). The Morgan fingerprint density at radius 2 is 1.56 bits per heavy atom. The van der Waals surface area contributed by atoms with Crippen molar-refractivity contribution in [3.63, 3.8) is 0 Å². The molecule has 0 radical (unpaired) electrons. The van der Waals surface area contributed by atoms with Crippen molar-refractivity contribution in [2.24, 2.45) is 0 Å². The summed E-state index contributed by atoms with van der Waals surface area (Å²) in [6, 6.07) is 20.1. The SMILES string of the molecule is CC[C@@H](C)NC(=O)[C@@H](CC)N(CCc1ccccc1)C(=O)CN(c1ccc(C)c(C)c1)S(=O)(=O)c1ccc(Cl)cc1. The van der Waals surface area contributed by atoms with E-state index in [1.807, 2.05) is 71.0 Å². The third-order valence-electron chi connectivity index (χ3n) is 7.33. The molecule has 3 aromatic rings. The molecule has 0 aliphatic carbocycles. The monoisotopic (exact) mass is 597 g/mol. The van der Waals surface area contributed by atoms with Crippen molar-refractivity contribution >= 4 is 39.1 Å². The highest BCUT2D eigenvalue weighted by atomic mass is 35.5. The van der Waals surface area contributed by atoms with Crippen LogP contribution in [0.1, 0.15) is 50.3 Å². The maximum atomic E-state index is 14.1. The van der Waals surface area contributed by atoms with Crippen LogP contribution in [0.4, 0.5) is 5.69 Å². The summed E-state index contributed by atoms with van der Waals surface area (Å²) in [6.07, 6.45) is 1.66. The molecule has 3 aromatic carbocycles. The van der Waals surface area contributed by atoms with E-state index in [4.69, 9.17) is 11.6 Å². The molecule has 0 unspecified atom stereocenters. The van der Waals surface area contributed by atoms with Crippen molar-refractivity contribution in [2.45, 2.75) is 70.9 Å². The molecule has 41 heavy (non-hydrogen) atoms. The topological polar surface area (TPSA) is 86.8 Å². The Hall–Kier alpha value is -3.36. The summed E-state index contributed by atoms with van der Waals surface area (Å²) >= 11 is 6.03. The molecule has 0 bridgehead atoms. The maximum Gasteiger partial charge on any atom is 0.264 e. The molecule has 0 aliphatic rings. The van der Waals surface area contributed by atoms with E-state index in [0.29, 0.717) is 23.6 Å². The van der Waals surface area contributed by atoms with Gasteiger partial charge in [0.15, 0.2) is 0 Å².